The van der Waals surface area contributed by atoms with Crippen LogP contribution in [0.4, 0.5) is 4.79 Å². The van der Waals surface area contributed by atoms with E-state index < -0.39 is 6.09 Å². The van der Waals surface area contributed by atoms with Crippen molar-refractivity contribution in [1.82, 2.24) is 4.90 Å². The molecule has 10 heavy (non-hydrogen) atoms. The van der Waals surface area contributed by atoms with Gasteiger partial charge in [0.15, 0.2) is 0 Å². The minimum Gasteiger partial charge on any atom is -0.465 e. The molecule has 0 unspecified atom stereocenters. The Balaban J connectivity index is 3.85. The number of hydrogen-bond acceptors (Lipinski definition) is 1. The molecule has 0 spiro atoms. The van der Waals surface area contributed by atoms with Gasteiger partial charge < -0.3 is 10.0 Å². The molecule has 60 valence electrons. The van der Waals surface area contributed by atoms with Crippen molar-refractivity contribution in [2.24, 2.45) is 0 Å². The molecule has 3 nitrogen and oxygen atoms in total. The third kappa shape index (κ3) is 2.92. The van der Waals surface area contributed by atoms with Crippen molar-refractivity contribution in [3.05, 3.63) is 0 Å². The number of rotatable bonds is 3. The van der Waals surface area contributed by atoms with Crippen LogP contribution in [-0.4, -0.2) is 34.6 Å². The number of halogens is 1. The van der Waals surface area contributed by atoms with Gasteiger partial charge in [-0.25, -0.2) is 4.79 Å². The number of nitrogens with zero attached hydrogens (tertiary/aromatic N) is 1. The molecule has 0 saturated heterocycles. The third-order valence-electron chi connectivity index (χ3n) is 1.19. The lowest BCUT2D eigenvalue weighted by molar-refractivity contribution is 0.135. The summed E-state index contributed by atoms with van der Waals surface area (Å²) in [6.07, 6.45) is -0.907. The third-order valence-corrected chi connectivity index (χ3v) is 1.36. The van der Waals surface area contributed by atoms with Crippen LogP contribution in [0, 0.1) is 0 Å². The standard InChI is InChI=1S/C6H12ClNO2/c1-5(2)8(4-3-7)6(9)10/h5H,3-4H2,1-2H3,(H,9,10). The van der Waals surface area contributed by atoms with Gasteiger partial charge in [-0.05, 0) is 13.8 Å². The highest BCUT2D eigenvalue weighted by molar-refractivity contribution is 6.18. The first kappa shape index (κ1) is 9.56. The summed E-state index contributed by atoms with van der Waals surface area (Å²) in [7, 11) is 0. The number of amides is 1. The van der Waals surface area contributed by atoms with Gasteiger partial charge in [-0.15, -0.1) is 11.6 Å². The Kier molecular flexibility index (Phi) is 4.19. The lowest BCUT2D eigenvalue weighted by Crippen LogP contribution is -2.37. The van der Waals surface area contributed by atoms with Gasteiger partial charge in [0.2, 0.25) is 0 Å². The molecule has 0 aliphatic rings. The summed E-state index contributed by atoms with van der Waals surface area (Å²) in [6.45, 7) is 4.04. The van der Waals surface area contributed by atoms with E-state index >= 15 is 0 Å². The van der Waals surface area contributed by atoms with Crippen molar-refractivity contribution >= 4 is 17.7 Å². The molecule has 0 rings (SSSR count). The van der Waals surface area contributed by atoms with Crippen molar-refractivity contribution in [3.63, 3.8) is 0 Å². The average molecular weight is 166 g/mol. The summed E-state index contributed by atoms with van der Waals surface area (Å²) in [5, 5.41) is 8.54. The maximum atomic E-state index is 10.4. The van der Waals surface area contributed by atoms with Crippen molar-refractivity contribution in [3.8, 4) is 0 Å². The monoisotopic (exact) mass is 165 g/mol. The maximum Gasteiger partial charge on any atom is 0.407 e. The number of alkyl halides is 1. The van der Waals surface area contributed by atoms with E-state index in [9.17, 15) is 4.79 Å². The van der Waals surface area contributed by atoms with Gasteiger partial charge in [0.1, 0.15) is 0 Å². The number of carboxylic acid groups (broad SMARTS) is 1. The second kappa shape index (κ2) is 4.39. The Morgan fingerprint density at radius 3 is 2.30 bits per heavy atom. The van der Waals surface area contributed by atoms with Gasteiger partial charge in [-0.3, -0.25) is 0 Å². The Hall–Kier alpha value is -0.440. The van der Waals surface area contributed by atoms with E-state index in [0.29, 0.717) is 12.4 Å². The Morgan fingerprint density at radius 2 is 2.20 bits per heavy atom. The summed E-state index contributed by atoms with van der Waals surface area (Å²) < 4.78 is 0. The topological polar surface area (TPSA) is 40.5 Å². The van der Waals surface area contributed by atoms with Crippen molar-refractivity contribution in [2.45, 2.75) is 19.9 Å². The van der Waals surface area contributed by atoms with Crippen LogP contribution >= 0.6 is 11.6 Å². The van der Waals surface area contributed by atoms with Crippen molar-refractivity contribution in [2.75, 3.05) is 12.4 Å². The first-order valence-electron chi connectivity index (χ1n) is 3.15. The zero-order chi connectivity index (χ0) is 8.15. The molecule has 0 saturated carbocycles. The molecule has 0 aromatic carbocycles. The fourth-order valence-corrected chi connectivity index (χ4v) is 0.848. The summed E-state index contributed by atoms with van der Waals surface area (Å²) >= 11 is 5.38. The quantitative estimate of drug-likeness (QED) is 0.646. The highest BCUT2D eigenvalue weighted by atomic mass is 35.5. The van der Waals surface area contributed by atoms with Crippen LogP contribution in [0.5, 0.6) is 0 Å². The van der Waals surface area contributed by atoms with Gasteiger partial charge in [0, 0.05) is 18.5 Å². The molecule has 0 radical (unpaired) electrons. The highest BCUT2D eigenvalue weighted by Crippen LogP contribution is 1.98. The van der Waals surface area contributed by atoms with Gasteiger partial charge in [0.05, 0.1) is 0 Å². The first-order chi connectivity index (χ1) is 4.59. The fourth-order valence-electron chi connectivity index (χ4n) is 0.666. The SMILES string of the molecule is CC(C)N(CCCl)C(=O)O. The molecule has 1 amide bonds. The molecule has 0 aliphatic heterocycles. The van der Waals surface area contributed by atoms with Crippen molar-refractivity contribution in [1.29, 1.82) is 0 Å². The van der Waals surface area contributed by atoms with Crippen LogP contribution in [0.25, 0.3) is 0 Å². The van der Waals surface area contributed by atoms with E-state index in [0.717, 1.165) is 0 Å². The van der Waals surface area contributed by atoms with E-state index in [1.54, 1.807) is 0 Å². The lowest BCUT2D eigenvalue weighted by Gasteiger charge is -2.21. The first-order valence-corrected chi connectivity index (χ1v) is 3.68. The molecular formula is C6H12ClNO2. The van der Waals surface area contributed by atoms with Crippen LogP contribution in [0.1, 0.15) is 13.8 Å². The minimum atomic E-state index is -0.907. The lowest BCUT2D eigenvalue weighted by atomic mass is 10.3. The van der Waals surface area contributed by atoms with E-state index in [2.05, 4.69) is 0 Å². The number of carbonyl (C=O) groups is 1. The van der Waals surface area contributed by atoms with E-state index in [1.807, 2.05) is 13.8 Å². The minimum absolute atomic E-state index is 0.0104. The Labute approximate surface area is 65.6 Å². The van der Waals surface area contributed by atoms with Gasteiger partial charge in [0.25, 0.3) is 0 Å². The van der Waals surface area contributed by atoms with Crippen LogP contribution in [0.15, 0.2) is 0 Å². The smallest absolute Gasteiger partial charge is 0.407 e. The molecule has 0 aliphatic carbocycles. The predicted molar refractivity (Wildman–Crippen MR) is 40.6 cm³/mol. The second-order valence-electron chi connectivity index (χ2n) is 2.26. The van der Waals surface area contributed by atoms with Crippen LogP contribution < -0.4 is 0 Å². The van der Waals surface area contributed by atoms with E-state index in [-0.39, 0.29) is 6.04 Å². The molecule has 0 aromatic rings. The Bertz CT molecular complexity index is 116. The molecular weight excluding hydrogens is 154 g/mol. The predicted octanol–water partition coefficient (Wildman–Crippen LogP) is 1.61. The van der Waals surface area contributed by atoms with Crippen LogP contribution in [0.2, 0.25) is 0 Å². The fraction of sp³-hybridized carbons (Fsp3) is 0.833. The van der Waals surface area contributed by atoms with Gasteiger partial charge in [-0.2, -0.15) is 0 Å². The molecule has 0 fully saturated rings. The van der Waals surface area contributed by atoms with Crippen LogP contribution in [0.3, 0.4) is 0 Å². The normalized spacial score (nSPS) is 10.0. The van der Waals surface area contributed by atoms with Gasteiger partial charge >= 0.3 is 6.09 Å². The van der Waals surface area contributed by atoms with E-state index in [1.165, 1.54) is 4.90 Å². The molecule has 4 heteroatoms. The molecule has 0 heterocycles. The van der Waals surface area contributed by atoms with E-state index in [4.69, 9.17) is 16.7 Å². The van der Waals surface area contributed by atoms with Crippen molar-refractivity contribution < 1.29 is 9.90 Å². The second-order valence-corrected chi connectivity index (χ2v) is 2.64. The summed E-state index contributed by atoms with van der Waals surface area (Å²) in [6, 6.07) is 0.0104. The highest BCUT2D eigenvalue weighted by Gasteiger charge is 2.13. The number of hydrogen-bond donors (Lipinski definition) is 1. The Morgan fingerprint density at radius 1 is 1.70 bits per heavy atom. The molecule has 0 atom stereocenters. The maximum absolute atomic E-state index is 10.4. The summed E-state index contributed by atoms with van der Waals surface area (Å²) in [4.78, 5) is 11.7. The molecule has 1 N–H and O–H groups in total. The zero-order valence-corrected chi connectivity index (χ0v) is 6.93. The zero-order valence-electron chi connectivity index (χ0n) is 6.17. The largest absolute Gasteiger partial charge is 0.465 e. The average Bonchev–Trinajstić information content (AvgIpc) is 1.81. The molecule has 0 bridgehead atoms. The van der Waals surface area contributed by atoms with Crippen LogP contribution in [-0.2, 0) is 0 Å². The molecule has 0 aromatic heterocycles. The summed E-state index contributed by atoms with van der Waals surface area (Å²) in [5.41, 5.74) is 0. The van der Waals surface area contributed by atoms with Gasteiger partial charge in [-0.1, -0.05) is 0 Å². The summed E-state index contributed by atoms with van der Waals surface area (Å²) in [5.74, 6) is 0.352.